The molecular formula is C16H21B2N3O3. The van der Waals surface area contributed by atoms with E-state index < -0.39 is 5.34 Å². The molecule has 0 aliphatic carbocycles. The first-order chi connectivity index (χ1) is 11.4. The third kappa shape index (κ3) is 1.98. The van der Waals surface area contributed by atoms with E-state index >= 15 is 0 Å². The van der Waals surface area contributed by atoms with Crippen LogP contribution in [0.2, 0.25) is 0 Å². The van der Waals surface area contributed by atoms with Gasteiger partial charge in [0.1, 0.15) is 15.7 Å². The number of nitrogens with zero attached hydrogens (tertiary/aromatic N) is 2. The molecule has 1 aromatic rings. The summed E-state index contributed by atoms with van der Waals surface area (Å²) in [5.74, 6) is 0.241. The number of carbonyl (C=O) groups excluding carboxylic acids is 2. The molecule has 1 saturated heterocycles. The van der Waals surface area contributed by atoms with E-state index in [1.807, 2.05) is 34.7 Å². The van der Waals surface area contributed by atoms with E-state index in [1.165, 1.54) is 5.56 Å². The zero-order valence-electron chi connectivity index (χ0n) is 14.3. The van der Waals surface area contributed by atoms with Gasteiger partial charge in [-0.05, 0) is 25.0 Å². The highest BCUT2D eigenvalue weighted by Gasteiger charge is 2.52. The van der Waals surface area contributed by atoms with Gasteiger partial charge >= 0.3 is 6.09 Å². The van der Waals surface area contributed by atoms with Crippen LogP contribution in [0.3, 0.4) is 0 Å². The van der Waals surface area contributed by atoms with Gasteiger partial charge < -0.3 is 19.9 Å². The summed E-state index contributed by atoms with van der Waals surface area (Å²) in [5, 5.41) is 2.45. The minimum absolute atomic E-state index is 0.0284. The van der Waals surface area contributed by atoms with Crippen molar-refractivity contribution in [2.75, 3.05) is 29.9 Å². The Morgan fingerprint density at radius 3 is 3.00 bits per heavy atom. The molecule has 0 radical (unpaired) electrons. The molecule has 0 aromatic heterocycles. The van der Waals surface area contributed by atoms with Crippen molar-refractivity contribution >= 4 is 39.1 Å². The van der Waals surface area contributed by atoms with E-state index in [4.69, 9.17) is 4.74 Å². The van der Waals surface area contributed by atoms with E-state index in [9.17, 15) is 9.59 Å². The van der Waals surface area contributed by atoms with Crippen LogP contribution in [0, 0.1) is 0 Å². The molecule has 24 heavy (non-hydrogen) atoms. The number of likely N-dealkylation sites (tertiary alicyclic amines) is 1. The summed E-state index contributed by atoms with van der Waals surface area (Å²) in [4.78, 5) is 28.8. The predicted molar refractivity (Wildman–Crippen MR) is 97.1 cm³/mol. The molecule has 0 spiro atoms. The van der Waals surface area contributed by atoms with Crippen molar-refractivity contribution in [1.82, 2.24) is 4.90 Å². The second-order valence-electron chi connectivity index (χ2n) is 7.23. The van der Waals surface area contributed by atoms with Gasteiger partial charge in [0, 0.05) is 25.0 Å². The highest BCUT2D eigenvalue weighted by Crippen LogP contribution is 2.52. The standard InChI is InChI=1S/C16H21B2N3O3/c1-2-24-15(23)20-7-6-12-10(8-20)9-4-3-5-11-13(9)21(12)16(17,18)14(22)19-11/h3-5,10,12H,2,6-8,17-18H2,1H3,(H,19,22). The SMILES string of the molecule is BC1(B)C(=O)Nc2cccc3c2N1C1CCN(C(=O)OCC)CC31. The zero-order chi connectivity index (χ0) is 17.1. The molecule has 1 fully saturated rings. The maximum absolute atomic E-state index is 12.6. The van der Waals surface area contributed by atoms with Crippen molar-refractivity contribution in [1.29, 1.82) is 0 Å². The van der Waals surface area contributed by atoms with Gasteiger partial charge in [-0.15, -0.1) is 0 Å². The van der Waals surface area contributed by atoms with Crippen molar-refractivity contribution in [2.24, 2.45) is 0 Å². The van der Waals surface area contributed by atoms with E-state index in [0.717, 1.165) is 17.8 Å². The smallest absolute Gasteiger partial charge is 0.409 e. The van der Waals surface area contributed by atoms with Crippen molar-refractivity contribution in [3.05, 3.63) is 23.8 Å². The molecule has 1 aromatic carbocycles. The maximum Gasteiger partial charge on any atom is 0.409 e. The predicted octanol–water partition coefficient (Wildman–Crippen LogP) is -0.307. The number of para-hydroxylation sites is 1. The molecule has 0 bridgehead atoms. The molecule has 2 unspecified atom stereocenters. The number of carbonyl (C=O) groups is 2. The Morgan fingerprint density at radius 2 is 2.25 bits per heavy atom. The first-order valence-corrected chi connectivity index (χ1v) is 8.60. The molecule has 2 amide bonds. The molecule has 0 saturated carbocycles. The van der Waals surface area contributed by atoms with Gasteiger partial charge in [-0.25, -0.2) is 4.79 Å². The average molecular weight is 325 g/mol. The third-order valence-electron chi connectivity index (χ3n) is 5.55. The lowest BCUT2D eigenvalue weighted by Gasteiger charge is -2.47. The largest absolute Gasteiger partial charge is 0.450 e. The lowest BCUT2D eigenvalue weighted by Crippen LogP contribution is -2.64. The molecular weight excluding hydrogens is 304 g/mol. The van der Waals surface area contributed by atoms with Gasteiger partial charge in [0.15, 0.2) is 0 Å². The van der Waals surface area contributed by atoms with Gasteiger partial charge in [0.25, 0.3) is 0 Å². The van der Waals surface area contributed by atoms with Crippen molar-refractivity contribution in [2.45, 2.75) is 30.6 Å². The van der Waals surface area contributed by atoms with Crippen LogP contribution < -0.4 is 10.2 Å². The van der Waals surface area contributed by atoms with Crippen LogP contribution in [0.25, 0.3) is 0 Å². The maximum atomic E-state index is 12.6. The average Bonchev–Trinajstić information content (AvgIpc) is 2.89. The van der Waals surface area contributed by atoms with Crippen LogP contribution in [0.5, 0.6) is 0 Å². The van der Waals surface area contributed by atoms with Crippen molar-refractivity contribution < 1.29 is 14.3 Å². The molecule has 1 N–H and O–H groups in total. The number of piperidine rings is 1. The van der Waals surface area contributed by atoms with Crippen LogP contribution in [-0.2, 0) is 9.53 Å². The van der Waals surface area contributed by atoms with Crippen LogP contribution in [0.1, 0.15) is 24.8 Å². The van der Waals surface area contributed by atoms with E-state index in [-0.39, 0.29) is 24.0 Å². The monoisotopic (exact) mass is 325 g/mol. The first kappa shape index (κ1) is 15.4. The summed E-state index contributed by atoms with van der Waals surface area (Å²) < 4.78 is 5.17. The molecule has 2 atom stereocenters. The first-order valence-electron chi connectivity index (χ1n) is 8.60. The fourth-order valence-electron chi connectivity index (χ4n) is 4.41. The summed E-state index contributed by atoms with van der Waals surface area (Å²) in [6, 6.07) is 6.31. The Bertz CT molecular complexity index is 725. The number of hydrogen-bond donors (Lipinski definition) is 1. The minimum Gasteiger partial charge on any atom is -0.450 e. The van der Waals surface area contributed by atoms with Crippen LogP contribution >= 0.6 is 0 Å². The molecule has 124 valence electrons. The highest BCUT2D eigenvalue weighted by atomic mass is 16.6. The molecule has 6 nitrogen and oxygen atoms in total. The summed E-state index contributed by atoms with van der Waals surface area (Å²) >= 11 is 0. The number of amides is 2. The zero-order valence-corrected chi connectivity index (χ0v) is 14.3. The van der Waals surface area contributed by atoms with Gasteiger partial charge in [-0.1, -0.05) is 12.1 Å². The van der Waals surface area contributed by atoms with Crippen LogP contribution in [0.4, 0.5) is 16.2 Å². The van der Waals surface area contributed by atoms with Crippen molar-refractivity contribution in [3.8, 4) is 0 Å². The summed E-state index contributed by atoms with van der Waals surface area (Å²) in [6.07, 6.45) is 0.601. The molecule has 3 heterocycles. The molecule has 3 aliphatic rings. The Labute approximate surface area is 143 Å². The van der Waals surface area contributed by atoms with Gasteiger partial charge in [-0.2, -0.15) is 0 Å². The molecule has 3 aliphatic heterocycles. The van der Waals surface area contributed by atoms with Gasteiger partial charge in [-0.3, -0.25) is 4.79 Å². The third-order valence-corrected chi connectivity index (χ3v) is 5.55. The number of anilines is 2. The normalized spacial score (nSPS) is 26.5. The van der Waals surface area contributed by atoms with Gasteiger partial charge in [0.05, 0.1) is 23.3 Å². The van der Waals surface area contributed by atoms with E-state index in [1.54, 1.807) is 4.90 Å². The Morgan fingerprint density at radius 1 is 1.46 bits per heavy atom. The fourth-order valence-corrected chi connectivity index (χ4v) is 4.41. The number of nitrogens with one attached hydrogen (secondary N) is 1. The minimum atomic E-state index is -0.589. The van der Waals surface area contributed by atoms with Crippen LogP contribution in [0.15, 0.2) is 18.2 Å². The number of hydrogen-bond acceptors (Lipinski definition) is 4. The Hall–Kier alpha value is -2.11. The van der Waals surface area contributed by atoms with E-state index in [0.29, 0.717) is 19.7 Å². The second-order valence-corrected chi connectivity index (χ2v) is 7.23. The highest BCUT2D eigenvalue weighted by molar-refractivity contribution is 6.55. The van der Waals surface area contributed by atoms with E-state index in [2.05, 4.69) is 16.3 Å². The summed E-state index contributed by atoms with van der Waals surface area (Å²) in [6.45, 7) is 3.52. The topological polar surface area (TPSA) is 61.9 Å². The second kappa shape index (κ2) is 5.19. The van der Waals surface area contributed by atoms with Gasteiger partial charge in [0.2, 0.25) is 5.91 Å². The quantitative estimate of drug-likeness (QED) is 0.720. The number of fused-ring (bicyclic) bond motifs is 3. The lowest BCUT2D eigenvalue weighted by molar-refractivity contribution is -0.117. The van der Waals surface area contributed by atoms with Crippen LogP contribution in [-0.4, -0.2) is 63.7 Å². The summed E-state index contributed by atoms with van der Waals surface area (Å²) in [5.41, 5.74) is 3.23. The number of benzene rings is 1. The fraction of sp³-hybridized carbons (Fsp3) is 0.500. The number of ether oxygens (including phenoxy) is 1. The summed E-state index contributed by atoms with van der Waals surface area (Å²) in [7, 11) is 3.95. The molecule has 4 rings (SSSR count). The number of rotatable bonds is 1. The van der Waals surface area contributed by atoms with Crippen molar-refractivity contribution in [3.63, 3.8) is 0 Å². The lowest BCUT2D eigenvalue weighted by atomic mass is 9.58. The Balaban J connectivity index is 1.74. The Kier molecular flexibility index (Phi) is 3.34. The molecule has 8 heteroatoms.